The lowest BCUT2D eigenvalue weighted by Crippen LogP contribution is -2.38. The second kappa shape index (κ2) is 10.6. The minimum Gasteiger partial charge on any atom is -0.484 e. The fourth-order valence-electron chi connectivity index (χ4n) is 3.15. The van der Waals surface area contributed by atoms with E-state index in [1.165, 1.54) is 25.5 Å². The Morgan fingerprint density at radius 2 is 1.72 bits per heavy atom. The van der Waals surface area contributed by atoms with Gasteiger partial charge in [-0.3, -0.25) is 9.59 Å². The van der Waals surface area contributed by atoms with Gasteiger partial charge in [0.15, 0.2) is 6.61 Å². The summed E-state index contributed by atoms with van der Waals surface area (Å²) < 4.78 is 5.54. The van der Waals surface area contributed by atoms with Crippen molar-refractivity contribution in [1.29, 1.82) is 0 Å². The minimum absolute atomic E-state index is 0.00108. The topological polar surface area (TPSA) is 79.8 Å². The molecule has 0 spiro atoms. The lowest BCUT2D eigenvalue weighted by Gasteiger charge is -2.22. The second-order valence-corrected chi connectivity index (χ2v) is 7.40. The first-order valence-corrected chi connectivity index (χ1v) is 10.1. The number of amides is 2. The van der Waals surface area contributed by atoms with Crippen molar-refractivity contribution in [3.63, 3.8) is 0 Å². The zero-order valence-corrected chi connectivity index (χ0v) is 16.8. The predicted molar refractivity (Wildman–Crippen MR) is 113 cm³/mol. The molecule has 1 aliphatic rings. The maximum Gasteiger partial charge on any atom is 0.271 e. The molecule has 0 saturated heterocycles. The molecule has 0 aliphatic heterocycles. The molecule has 3 rings (SSSR count). The van der Waals surface area contributed by atoms with Crippen LogP contribution in [0.15, 0.2) is 53.6 Å². The Labute approximate surface area is 175 Å². The van der Waals surface area contributed by atoms with Gasteiger partial charge in [-0.05, 0) is 66.9 Å². The van der Waals surface area contributed by atoms with Gasteiger partial charge in [0.25, 0.3) is 11.8 Å². The molecule has 0 heterocycles. The van der Waals surface area contributed by atoms with E-state index in [0.717, 1.165) is 18.4 Å². The zero-order chi connectivity index (χ0) is 20.5. The van der Waals surface area contributed by atoms with Crippen molar-refractivity contribution >= 4 is 29.6 Å². The number of benzene rings is 2. The standard InChI is InChI=1S/C22H24ClN3O3/c23-18-10-8-17(9-11-18)22(28)26-24-14-16-6-12-20(13-7-16)29-15-21(27)25-19-4-2-1-3-5-19/h6-14,19H,1-5,15H2,(H,25,27)(H,26,28)/b24-14+. The molecule has 152 valence electrons. The highest BCUT2D eigenvalue weighted by Gasteiger charge is 2.15. The van der Waals surface area contributed by atoms with Crippen LogP contribution in [0.3, 0.4) is 0 Å². The highest BCUT2D eigenvalue weighted by atomic mass is 35.5. The van der Waals surface area contributed by atoms with Crippen LogP contribution in [0.5, 0.6) is 5.75 Å². The molecular weight excluding hydrogens is 390 g/mol. The summed E-state index contributed by atoms with van der Waals surface area (Å²) in [5.41, 5.74) is 3.73. The van der Waals surface area contributed by atoms with Gasteiger partial charge in [-0.25, -0.2) is 5.43 Å². The normalized spacial score (nSPS) is 14.5. The van der Waals surface area contributed by atoms with Crippen LogP contribution >= 0.6 is 11.6 Å². The fraction of sp³-hybridized carbons (Fsp3) is 0.318. The Morgan fingerprint density at radius 1 is 1.03 bits per heavy atom. The Balaban J connectivity index is 1.42. The van der Waals surface area contributed by atoms with Crippen molar-refractivity contribution in [3.8, 4) is 5.75 Å². The van der Waals surface area contributed by atoms with E-state index in [9.17, 15) is 9.59 Å². The number of hydrogen-bond donors (Lipinski definition) is 2. The van der Waals surface area contributed by atoms with E-state index in [1.807, 2.05) is 0 Å². The molecule has 29 heavy (non-hydrogen) atoms. The van der Waals surface area contributed by atoms with Crippen molar-refractivity contribution in [2.75, 3.05) is 6.61 Å². The molecule has 0 bridgehead atoms. The van der Waals surface area contributed by atoms with Crippen LogP contribution in [0, 0.1) is 0 Å². The quantitative estimate of drug-likeness (QED) is 0.533. The summed E-state index contributed by atoms with van der Waals surface area (Å²) >= 11 is 5.80. The average Bonchev–Trinajstić information content (AvgIpc) is 2.74. The third kappa shape index (κ3) is 6.91. The summed E-state index contributed by atoms with van der Waals surface area (Å²) in [5, 5.41) is 7.54. The van der Waals surface area contributed by atoms with Gasteiger partial charge >= 0.3 is 0 Å². The number of ether oxygens (including phenoxy) is 1. The fourth-order valence-corrected chi connectivity index (χ4v) is 3.27. The summed E-state index contributed by atoms with van der Waals surface area (Å²) in [5.74, 6) is 0.195. The molecule has 2 N–H and O–H groups in total. The zero-order valence-electron chi connectivity index (χ0n) is 16.1. The van der Waals surface area contributed by atoms with Gasteiger partial charge in [-0.2, -0.15) is 5.10 Å². The van der Waals surface area contributed by atoms with Crippen molar-refractivity contribution in [1.82, 2.24) is 10.7 Å². The number of halogens is 1. The van der Waals surface area contributed by atoms with Gasteiger partial charge in [0.05, 0.1) is 6.21 Å². The SMILES string of the molecule is O=C(COc1ccc(/C=N/NC(=O)c2ccc(Cl)cc2)cc1)NC1CCCCC1. The molecule has 7 heteroatoms. The summed E-state index contributed by atoms with van der Waals surface area (Å²) in [6.07, 6.45) is 7.24. The molecule has 1 saturated carbocycles. The van der Waals surface area contributed by atoms with E-state index >= 15 is 0 Å². The van der Waals surface area contributed by atoms with Crippen LogP contribution in [0.25, 0.3) is 0 Å². The van der Waals surface area contributed by atoms with E-state index in [1.54, 1.807) is 48.5 Å². The van der Waals surface area contributed by atoms with Crippen LogP contribution in [0.2, 0.25) is 5.02 Å². The molecule has 0 radical (unpaired) electrons. The van der Waals surface area contributed by atoms with Gasteiger partial charge in [0.1, 0.15) is 5.75 Å². The van der Waals surface area contributed by atoms with Gasteiger partial charge in [0, 0.05) is 16.6 Å². The van der Waals surface area contributed by atoms with Gasteiger partial charge < -0.3 is 10.1 Å². The number of carbonyl (C=O) groups excluding carboxylic acids is 2. The Morgan fingerprint density at radius 3 is 2.41 bits per heavy atom. The Hall–Kier alpha value is -2.86. The second-order valence-electron chi connectivity index (χ2n) is 6.97. The number of hydrogen-bond acceptors (Lipinski definition) is 4. The summed E-state index contributed by atoms with van der Waals surface area (Å²) in [6, 6.07) is 13.9. The maximum atomic E-state index is 12.0. The molecule has 0 atom stereocenters. The Bertz CT molecular complexity index is 845. The molecule has 6 nitrogen and oxygen atoms in total. The maximum absolute atomic E-state index is 12.0. The van der Waals surface area contributed by atoms with Crippen LogP contribution in [0.1, 0.15) is 48.0 Å². The molecule has 1 fully saturated rings. The van der Waals surface area contributed by atoms with Crippen molar-refractivity contribution in [3.05, 3.63) is 64.7 Å². The molecule has 2 aromatic carbocycles. The van der Waals surface area contributed by atoms with Crippen LogP contribution < -0.4 is 15.5 Å². The largest absolute Gasteiger partial charge is 0.484 e. The van der Waals surface area contributed by atoms with E-state index < -0.39 is 0 Å². The lowest BCUT2D eigenvalue weighted by molar-refractivity contribution is -0.124. The van der Waals surface area contributed by atoms with E-state index in [4.69, 9.17) is 16.3 Å². The van der Waals surface area contributed by atoms with Gasteiger partial charge in [-0.15, -0.1) is 0 Å². The molecule has 1 aliphatic carbocycles. The number of hydrazone groups is 1. The summed E-state index contributed by atoms with van der Waals surface area (Å²) in [7, 11) is 0. The van der Waals surface area contributed by atoms with E-state index in [2.05, 4.69) is 15.8 Å². The Kier molecular flexibility index (Phi) is 7.64. The smallest absolute Gasteiger partial charge is 0.271 e. The third-order valence-corrected chi connectivity index (χ3v) is 4.96. The van der Waals surface area contributed by atoms with Crippen LogP contribution in [0.4, 0.5) is 0 Å². The predicted octanol–water partition coefficient (Wildman–Crippen LogP) is 3.93. The van der Waals surface area contributed by atoms with E-state index in [0.29, 0.717) is 16.3 Å². The number of rotatable bonds is 7. The number of carbonyl (C=O) groups is 2. The summed E-state index contributed by atoms with van der Waals surface area (Å²) in [4.78, 5) is 24.0. The van der Waals surface area contributed by atoms with Crippen LogP contribution in [-0.2, 0) is 4.79 Å². The monoisotopic (exact) mass is 413 g/mol. The van der Waals surface area contributed by atoms with E-state index in [-0.39, 0.29) is 24.5 Å². The molecule has 0 unspecified atom stereocenters. The highest BCUT2D eigenvalue weighted by Crippen LogP contribution is 2.17. The first kappa shape index (κ1) is 20.9. The molecule has 0 aromatic heterocycles. The molecular formula is C22H24ClN3O3. The van der Waals surface area contributed by atoms with Crippen molar-refractivity contribution < 1.29 is 14.3 Å². The minimum atomic E-state index is -0.318. The molecule has 2 aromatic rings. The first-order chi connectivity index (χ1) is 14.1. The van der Waals surface area contributed by atoms with Crippen molar-refractivity contribution in [2.45, 2.75) is 38.1 Å². The number of nitrogens with zero attached hydrogens (tertiary/aromatic N) is 1. The average molecular weight is 414 g/mol. The lowest BCUT2D eigenvalue weighted by atomic mass is 9.95. The van der Waals surface area contributed by atoms with Crippen molar-refractivity contribution in [2.24, 2.45) is 5.10 Å². The highest BCUT2D eigenvalue weighted by molar-refractivity contribution is 6.30. The number of nitrogens with one attached hydrogen (secondary N) is 2. The first-order valence-electron chi connectivity index (χ1n) is 9.71. The van der Waals surface area contributed by atoms with Gasteiger partial charge in [0.2, 0.25) is 0 Å². The third-order valence-electron chi connectivity index (χ3n) is 4.71. The van der Waals surface area contributed by atoms with Gasteiger partial charge in [-0.1, -0.05) is 30.9 Å². The molecule has 2 amide bonds. The van der Waals surface area contributed by atoms with Crippen LogP contribution in [-0.4, -0.2) is 30.7 Å². The summed E-state index contributed by atoms with van der Waals surface area (Å²) in [6.45, 7) is 0.00108.